The van der Waals surface area contributed by atoms with Crippen molar-refractivity contribution in [2.75, 3.05) is 17.7 Å². The number of carbonyl (C=O) groups is 2. The van der Waals surface area contributed by atoms with E-state index >= 15 is 0 Å². The van der Waals surface area contributed by atoms with Gasteiger partial charge in [-0.05, 0) is 35.9 Å². The van der Waals surface area contributed by atoms with Crippen molar-refractivity contribution in [3.05, 3.63) is 89.6 Å². The van der Waals surface area contributed by atoms with Crippen LogP contribution in [0.4, 0.5) is 20.7 Å². The van der Waals surface area contributed by atoms with Crippen molar-refractivity contribution in [2.24, 2.45) is 0 Å². The number of pyridine rings is 1. The highest BCUT2D eigenvalue weighted by Gasteiger charge is 2.22. The number of halogens is 3. The predicted octanol–water partition coefficient (Wildman–Crippen LogP) is 6.15. The minimum atomic E-state index is -0.720. The van der Waals surface area contributed by atoms with E-state index in [9.17, 15) is 19.1 Å². The molecule has 13 heteroatoms. The minimum absolute atomic E-state index is 0. The summed E-state index contributed by atoms with van der Waals surface area (Å²) in [5.41, 5.74) is 1.86. The summed E-state index contributed by atoms with van der Waals surface area (Å²) in [6, 6.07) is 15.2. The van der Waals surface area contributed by atoms with E-state index in [1.807, 2.05) is 20.8 Å². The van der Waals surface area contributed by atoms with Crippen LogP contribution in [-0.2, 0) is 12.0 Å². The zero-order valence-corrected chi connectivity index (χ0v) is 26.2. The van der Waals surface area contributed by atoms with Crippen LogP contribution in [0.5, 0.6) is 11.5 Å². The molecule has 0 radical (unpaired) electrons. The summed E-state index contributed by atoms with van der Waals surface area (Å²) in [5.74, 6) is -0.256. The molecule has 0 saturated carbocycles. The summed E-state index contributed by atoms with van der Waals surface area (Å²) in [4.78, 5) is 28.6. The molecule has 0 atom stereocenters. The third-order valence-electron chi connectivity index (χ3n) is 5.67. The van der Waals surface area contributed by atoms with Crippen molar-refractivity contribution < 1.29 is 23.8 Å². The number of amides is 3. The molecule has 41 heavy (non-hydrogen) atoms. The molecule has 0 unspecified atom stereocenters. The monoisotopic (exact) mass is 692 g/mol. The van der Waals surface area contributed by atoms with Crippen LogP contribution in [0, 0.1) is 5.82 Å². The standard InChI is InChI=1S/C28H29FN6O4.2BrH/c1-28(2,3)24-15-25(35(34-24)18-7-5-6-17(12-18)16-36)33-27(38)32-22-9-8-19(13-21(22)29)39-20-10-11-31-23(14-20)26(37)30-4;;/h5-15,36H,16H2,1-4H3,(H,30,37)(H2,32,33,38);2*1H. The molecule has 0 spiro atoms. The van der Waals surface area contributed by atoms with Crippen LogP contribution < -0.4 is 20.7 Å². The predicted molar refractivity (Wildman–Crippen MR) is 166 cm³/mol. The largest absolute Gasteiger partial charge is 0.457 e. The molecule has 10 nitrogen and oxygen atoms in total. The molecule has 2 aromatic carbocycles. The summed E-state index contributed by atoms with van der Waals surface area (Å²) in [6.07, 6.45) is 1.41. The van der Waals surface area contributed by atoms with Crippen molar-refractivity contribution in [1.82, 2.24) is 20.1 Å². The summed E-state index contributed by atoms with van der Waals surface area (Å²) < 4.78 is 22.1. The average Bonchev–Trinajstić information content (AvgIpc) is 3.34. The molecular weight excluding hydrogens is 663 g/mol. The van der Waals surface area contributed by atoms with E-state index in [0.717, 1.165) is 11.8 Å². The maximum absolute atomic E-state index is 14.9. The highest BCUT2D eigenvalue weighted by Crippen LogP contribution is 2.28. The fraction of sp³-hybridized carbons (Fsp3) is 0.214. The van der Waals surface area contributed by atoms with Crippen LogP contribution in [0.3, 0.4) is 0 Å². The number of aromatic nitrogens is 3. The van der Waals surface area contributed by atoms with Crippen LogP contribution in [0.2, 0.25) is 0 Å². The average molecular weight is 694 g/mol. The van der Waals surface area contributed by atoms with Crippen LogP contribution in [-0.4, -0.2) is 38.9 Å². The SMILES string of the molecule is Br.Br.CNC(=O)c1cc(Oc2ccc(NC(=O)Nc3cc(C(C)(C)C)nn3-c3cccc(CO)c3)c(F)c2)ccn1. The Morgan fingerprint density at radius 2 is 1.73 bits per heavy atom. The van der Waals surface area contributed by atoms with Crippen LogP contribution in [0.25, 0.3) is 5.69 Å². The normalized spacial score (nSPS) is 10.6. The molecule has 4 rings (SSSR count). The third kappa shape index (κ3) is 8.35. The number of aliphatic hydroxyl groups excluding tert-OH is 1. The van der Waals surface area contributed by atoms with Gasteiger partial charge in [0.1, 0.15) is 28.8 Å². The maximum Gasteiger partial charge on any atom is 0.324 e. The smallest absolute Gasteiger partial charge is 0.324 e. The summed E-state index contributed by atoms with van der Waals surface area (Å²) in [5, 5.41) is 21.9. The van der Waals surface area contributed by atoms with E-state index in [1.54, 1.807) is 35.0 Å². The Balaban J connectivity index is 0.00000294. The van der Waals surface area contributed by atoms with E-state index in [1.165, 1.54) is 37.5 Å². The quantitative estimate of drug-likeness (QED) is 0.184. The van der Waals surface area contributed by atoms with Crippen LogP contribution in [0.1, 0.15) is 42.5 Å². The van der Waals surface area contributed by atoms with Gasteiger partial charge >= 0.3 is 6.03 Å². The number of anilines is 2. The van der Waals surface area contributed by atoms with Crippen molar-refractivity contribution in [1.29, 1.82) is 0 Å². The lowest BCUT2D eigenvalue weighted by molar-refractivity contribution is 0.0957. The number of hydrogen-bond donors (Lipinski definition) is 4. The lowest BCUT2D eigenvalue weighted by Crippen LogP contribution is -2.22. The molecule has 0 aliphatic rings. The highest BCUT2D eigenvalue weighted by atomic mass is 79.9. The molecule has 0 bridgehead atoms. The fourth-order valence-corrected chi connectivity index (χ4v) is 3.61. The summed E-state index contributed by atoms with van der Waals surface area (Å²) in [6.45, 7) is 5.86. The van der Waals surface area contributed by atoms with Gasteiger partial charge in [0.25, 0.3) is 5.91 Å². The second-order valence-corrected chi connectivity index (χ2v) is 9.68. The van der Waals surface area contributed by atoms with E-state index in [0.29, 0.717) is 22.8 Å². The van der Waals surface area contributed by atoms with E-state index in [4.69, 9.17) is 4.74 Å². The number of hydrogen-bond acceptors (Lipinski definition) is 6. The van der Waals surface area contributed by atoms with Gasteiger partial charge in [-0.1, -0.05) is 32.9 Å². The molecule has 4 N–H and O–H groups in total. The maximum atomic E-state index is 14.9. The summed E-state index contributed by atoms with van der Waals surface area (Å²) >= 11 is 0. The lowest BCUT2D eigenvalue weighted by atomic mass is 9.92. The number of ether oxygens (including phenoxy) is 1. The molecule has 3 amide bonds. The van der Waals surface area contributed by atoms with E-state index in [2.05, 4.69) is 26.0 Å². The van der Waals surface area contributed by atoms with Gasteiger partial charge in [-0.15, -0.1) is 34.0 Å². The molecule has 0 aliphatic heterocycles. The minimum Gasteiger partial charge on any atom is -0.457 e. The molecule has 4 aromatic rings. The van der Waals surface area contributed by atoms with Gasteiger partial charge in [0.15, 0.2) is 0 Å². The van der Waals surface area contributed by atoms with Gasteiger partial charge in [0, 0.05) is 36.9 Å². The Hall–Kier alpha value is -3.81. The molecule has 0 saturated heterocycles. The Labute approximate surface area is 257 Å². The second kappa shape index (κ2) is 14.2. The van der Waals surface area contributed by atoms with Crippen molar-refractivity contribution >= 4 is 57.4 Å². The number of urea groups is 1. The first-order chi connectivity index (χ1) is 18.6. The molecule has 2 heterocycles. The summed E-state index contributed by atoms with van der Waals surface area (Å²) in [7, 11) is 1.49. The van der Waals surface area contributed by atoms with Crippen molar-refractivity contribution in [2.45, 2.75) is 32.8 Å². The topological polar surface area (TPSA) is 130 Å². The Morgan fingerprint density at radius 1 is 1.00 bits per heavy atom. The number of rotatable bonds is 7. The lowest BCUT2D eigenvalue weighted by Gasteiger charge is -2.14. The molecule has 0 aliphatic carbocycles. The van der Waals surface area contributed by atoms with Gasteiger partial charge in [0.2, 0.25) is 0 Å². The van der Waals surface area contributed by atoms with Crippen molar-refractivity contribution in [3.63, 3.8) is 0 Å². The van der Waals surface area contributed by atoms with Gasteiger partial charge in [-0.3, -0.25) is 15.1 Å². The third-order valence-corrected chi connectivity index (χ3v) is 5.67. The number of nitrogens with one attached hydrogen (secondary N) is 3. The first kappa shape index (κ1) is 33.4. The number of aliphatic hydroxyl groups is 1. The Bertz CT molecular complexity index is 1520. The Morgan fingerprint density at radius 3 is 2.39 bits per heavy atom. The highest BCUT2D eigenvalue weighted by molar-refractivity contribution is 8.93. The van der Waals surface area contributed by atoms with E-state index < -0.39 is 11.8 Å². The van der Waals surface area contributed by atoms with E-state index in [-0.39, 0.29) is 69.0 Å². The second-order valence-electron chi connectivity index (χ2n) is 9.68. The van der Waals surface area contributed by atoms with Crippen molar-refractivity contribution in [3.8, 4) is 17.2 Å². The number of nitrogens with zero attached hydrogens (tertiary/aromatic N) is 3. The van der Waals surface area contributed by atoms with Crippen LogP contribution in [0.15, 0.2) is 66.9 Å². The zero-order chi connectivity index (χ0) is 28.2. The molecule has 2 aromatic heterocycles. The van der Waals surface area contributed by atoms with Gasteiger partial charge < -0.3 is 20.5 Å². The fourth-order valence-electron chi connectivity index (χ4n) is 3.61. The first-order valence-corrected chi connectivity index (χ1v) is 12.1. The molecular formula is C28H31Br2FN6O4. The Kier molecular flexibility index (Phi) is 11.6. The number of benzene rings is 2. The van der Waals surface area contributed by atoms with Gasteiger partial charge in [0.05, 0.1) is 23.7 Å². The van der Waals surface area contributed by atoms with Crippen LogP contribution >= 0.6 is 34.0 Å². The molecule has 218 valence electrons. The van der Waals surface area contributed by atoms with Gasteiger partial charge in [-0.25, -0.2) is 13.9 Å². The van der Waals surface area contributed by atoms with Gasteiger partial charge in [-0.2, -0.15) is 5.10 Å². The number of carbonyl (C=O) groups excluding carboxylic acids is 2. The molecule has 0 fully saturated rings. The zero-order valence-electron chi connectivity index (χ0n) is 22.8. The first-order valence-electron chi connectivity index (χ1n) is 12.1.